The van der Waals surface area contributed by atoms with E-state index in [0.29, 0.717) is 31.3 Å². The second kappa shape index (κ2) is 13.0. The van der Waals surface area contributed by atoms with Gasteiger partial charge in [-0.15, -0.1) is 10.1 Å². The number of allylic oxidation sites excluding steroid dienone is 4. The zero-order chi connectivity index (χ0) is 34.4. The lowest BCUT2D eigenvalue weighted by Crippen LogP contribution is -2.64. The molecule has 2 N–H and O–H groups in total. The van der Waals surface area contributed by atoms with E-state index in [1.54, 1.807) is 19.9 Å². The molecule has 1 aliphatic heterocycles. The molecular formula is C33H45FN2O11. The maximum Gasteiger partial charge on any atom is 0.308 e. The Hall–Kier alpha value is -3.23. The molecule has 4 fully saturated rings. The molecule has 0 aromatic heterocycles. The number of fused-ring (bicyclic) bond motifs is 7. The number of nitrogens with zero attached hydrogens (tertiary/aromatic N) is 1. The molecule has 0 spiro atoms. The maximum absolute atomic E-state index is 15.8. The number of aliphatic hydroxyl groups excluding tert-OH is 1. The van der Waals surface area contributed by atoms with Crippen LogP contribution in [0.25, 0.3) is 0 Å². The Kier molecular flexibility index (Phi) is 9.70. The fourth-order valence-electron chi connectivity index (χ4n) is 9.35. The number of amides is 1. The number of ketones is 2. The molecule has 0 aromatic rings. The third-order valence-electron chi connectivity index (χ3n) is 11.1. The lowest BCUT2D eigenvalue weighted by molar-refractivity contribution is -0.757. The summed E-state index contributed by atoms with van der Waals surface area (Å²) >= 11 is 0. The summed E-state index contributed by atoms with van der Waals surface area (Å²) in [5, 5.41) is 23.7. The van der Waals surface area contributed by atoms with E-state index in [9.17, 15) is 34.4 Å². The van der Waals surface area contributed by atoms with Crippen molar-refractivity contribution in [3.8, 4) is 0 Å². The topological polar surface area (TPSA) is 181 Å². The van der Waals surface area contributed by atoms with Crippen LogP contribution < -0.4 is 5.32 Å². The molecule has 5 rings (SSSR count). The van der Waals surface area contributed by atoms with E-state index in [1.807, 2.05) is 13.8 Å². The molecule has 1 amide bonds. The Morgan fingerprint density at radius 3 is 2.62 bits per heavy atom. The zero-order valence-corrected chi connectivity index (χ0v) is 27.3. The highest BCUT2D eigenvalue weighted by Gasteiger charge is 2.77. The monoisotopic (exact) mass is 664 g/mol. The number of hydrogen-bond acceptors (Lipinski definition) is 11. The highest BCUT2D eigenvalue weighted by atomic mass is 19.1. The lowest BCUT2D eigenvalue weighted by atomic mass is 9.46. The van der Waals surface area contributed by atoms with Gasteiger partial charge in [-0.05, 0) is 75.5 Å². The van der Waals surface area contributed by atoms with Gasteiger partial charge >= 0.3 is 5.97 Å². The van der Waals surface area contributed by atoms with E-state index < -0.39 is 64.0 Å². The molecule has 14 heteroatoms. The van der Waals surface area contributed by atoms with Gasteiger partial charge in [-0.3, -0.25) is 19.2 Å². The van der Waals surface area contributed by atoms with Crippen LogP contribution in [0, 0.1) is 38.7 Å². The molecule has 0 aromatic carbocycles. The van der Waals surface area contributed by atoms with Gasteiger partial charge < -0.3 is 29.5 Å². The number of Topliss-reactive ketones (excluding diaryl/α,β-unsaturated/α-hetero) is 1. The summed E-state index contributed by atoms with van der Waals surface area (Å²) in [7, 11) is 0. The van der Waals surface area contributed by atoms with Crippen molar-refractivity contribution in [2.24, 2.45) is 28.6 Å². The average Bonchev–Trinajstić information content (AvgIpc) is 3.39. The van der Waals surface area contributed by atoms with Crippen molar-refractivity contribution in [1.29, 1.82) is 0 Å². The van der Waals surface area contributed by atoms with Crippen molar-refractivity contribution < 1.29 is 52.8 Å². The molecule has 47 heavy (non-hydrogen) atoms. The van der Waals surface area contributed by atoms with Crippen molar-refractivity contribution in [2.75, 3.05) is 19.8 Å². The number of carbonyl (C=O) groups is 4. The number of aliphatic hydroxyl groups is 1. The van der Waals surface area contributed by atoms with Crippen LogP contribution in [0.3, 0.4) is 0 Å². The van der Waals surface area contributed by atoms with Crippen LogP contribution in [0.2, 0.25) is 0 Å². The van der Waals surface area contributed by atoms with Crippen molar-refractivity contribution >= 4 is 23.4 Å². The Balaban J connectivity index is 1.22. The van der Waals surface area contributed by atoms with E-state index in [-0.39, 0.29) is 68.3 Å². The summed E-state index contributed by atoms with van der Waals surface area (Å²) in [6.45, 7) is 6.53. The van der Waals surface area contributed by atoms with Crippen LogP contribution in [0.5, 0.6) is 0 Å². The SMILES string of the molecule is CC1(C)O[C@@H]2C[C@H]3[C@@H]4C[C@H](F)C5=CC(=O)C=C[C@]5(C)[C@H]4[C@@H](O)C[C@]3(C)[C@]2(C(=O)COC(=O)CCNC(=O)CCCCCO[N+](=O)[O-])O1. The average molecular weight is 665 g/mol. The van der Waals surface area contributed by atoms with Gasteiger partial charge in [-0.25, -0.2) is 4.39 Å². The molecule has 4 aliphatic carbocycles. The first-order valence-corrected chi connectivity index (χ1v) is 16.4. The third kappa shape index (κ3) is 6.35. The van der Waals surface area contributed by atoms with Gasteiger partial charge in [0, 0.05) is 29.7 Å². The molecule has 9 atom stereocenters. The van der Waals surface area contributed by atoms with E-state index >= 15 is 4.39 Å². The summed E-state index contributed by atoms with van der Waals surface area (Å²) < 4.78 is 33.9. The molecule has 5 aliphatic rings. The summed E-state index contributed by atoms with van der Waals surface area (Å²) in [5.41, 5.74) is -2.99. The highest BCUT2D eigenvalue weighted by Crippen LogP contribution is 2.70. The number of esters is 1. The Morgan fingerprint density at radius 1 is 1.15 bits per heavy atom. The molecule has 1 heterocycles. The standard InChI is InChI=1S/C33H45FN2O11/c1-30(2)46-26-16-21-20-15-23(34)22-14-19(37)9-11-31(22,3)29(20)24(38)17-32(21,4)33(26,47-30)25(39)18-44-28(41)10-12-35-27(40)8-6-5-7-13-45-36(42)43/h9,11,14,20-21,23-24,26,29,38H,5-8,10,12-13,15-18H2,1-4H3,(H,35,40)/t20-,21-,23-,24-,26+,29+,31-,32-,33+/m0/s1. The lowest BCUT2D eigenvalue weighted by Gasteiger charge is -2.60. The van der Waals surface area contributed by atoms with Gasteiger partial charge in [-0.2, -0.15) is 0 Å². The van der Waals surface area contributed by atoms with Crippen LogP contribution in [-0.4, -0.2) is 83.2 Å². The van der Waals surface area contributed by atoms with Crippen LogP contribution in [0.4, 0.5) is 4.39 Å². The zero-order valence-electron chi connectivity index (χ0n) is 27.3. The molecule has 260 valence electrons. The third-order valence-corrected chi connectivity index (χ3v) is 11.1. The number of nitrogens with one attached hydrogen (secondary N) is 1. The van der Waals surface area contributed by atoms with Crippen molar-refractivity contribution in [3.05, 3.63) is 33.9 Å². The van der Waals surface area contributed by atoms with E-state index in [0.717, 1.165) is 0 Å². The summed E-state index contributed by atoms with van der Waals surface area (Å²) in [5.74, 6) is -3.84. The van der Waals surface area contributed by atoms with Crippen LogP contribution in [-0.2, 0) is 38.2 Å². The molecule has 3 saturated carbocycles. The first-order valence-electron chi connectivity index (χ1n) is 16.4. The number of carbonyl (C=O) groups excluding carboxylic acids is 4. The first-order chi connectivity index (χ1) is 22.0. The van der Waals surface area contributed by atoms with E-state index in [2.05, 4.69) is 10.2 Å². The fraction of sp³-hybridized carbons (Fsp3) is 0.758. The smallest absolute Gasteiger partial charge is 0.308 e. The second-order valence-electron chi connectivity index (χ2n) is 14.4. The molecular weight excluding hydrogens is 619 g/mol. The number of halogens is 1. The van der Waals surface area contributed by atoms with Crippen LogP contribution in [0.15, 0.2) is 23.8 Å². The summed E-state index contributed by atoms with van der Waals surface area (Å²) in [4.78, 5) is 65.3. The largest absolute Gasteiger partial charge is 0.457 e. The van der Waals surface area contributed by atoms with E-state index in [1.165, 1.54) is 12.2 Å². The Labute approximate surface area is 272 Å². The minimum absolute atomic E-state index is 0.00535. The highest BCUT2D eigenvalue weighted by molar-refractivity contribution is 6.01. The van der Waals surface area contributed by atoms with Crippen molar-refractivity contribution in [1.82, 2.24) is 5.32 Å². The van der Waals surface area contributed by atoms with Gasteiger partial charge in [-0.1, -0.05) is 26.3 Å². The molecule has 0 radical (unpaired) electrons. The normalized spacial score (nSPS) is 37.9. The number of hydrogen-bond donors (Lipinski definition) is 2. The minimum Gasteiger partial charge on any atom is -0.457 e. The van der Waals surface area contributed by atoms with Crippen molar-refractivity contribution in [3.63, 3.8) is 0 Å². The van der Waals surface area contributed by atoms with Gasteiger partial charge in [0.1, 0.15) is 6.17 Å². The fourth-order valence-corrected chi connectivity index (χ4v) is 9.35. The number of rotatable bonds is 13. The minimum atomic E-state index is -1.55. The molecule has 13 nitrogen and oxygen atoms in total. The number of unbranched alkanes of at least 4 members (excludes halogenated alkanes) is 2. The van der Waals surface area contributed by atoms with Gasteiger partial charge in [0.05, 0.1) is 25.2 Å². The molecule has 1 saturated heterocycles. The summed E-state index contributed by atoms with van der Waals surface area (Å²) in [6, 6.07) is 0. The number of alkyl halides is 1. The second-order valence-corrected chi connectivity index (χ2v) is 14.4. The number of ether oxygens (including phenoxy) is 3. The molecule has 0 unspecified atom stereocenters. The van der Waals surface area contributed by atoms with Crippen LogP contribution >= 0.6 is 0 Å². The van der Waals surface area contributed by atoms with Gasteiger partial charge in [0.2, 0.25) is 11.7 Å². The van der Waals surface area contributed by atoms with Gasteiger partial charge in [0.15, 0.2) is 23.8 Å². The van der Waals surface area contributed by atoms with Crippen molar-refractivity contribution in [2.45, 2.75) is 109 Å². The Morgan fingerprint density at radius 2 is 1.89 bits per heavy atom. The first kappa shape index (κ1) is 35.1. The Bertz CT molecular complexity index is 1370. The van der Waals surface area contributed by atoms with Gasteiger partial charge in [0.25, 0.3) is 5.09 Å². The predicted molar refractivity (Wildman–Crippen MR) is 161 cm³/mol. The molecule has 0 bridgehead atoms. The van der Waals surface area contributed by atoms with Crippen LogP contribution in [0.1, 0.15) is 79.1 Å². The quantitative estimate of drug-likeness (QED) is 0.128. The maximum atomic E-state index is 15.8. The summed E-state index contributed by atoms with van der Waals surface area (Å²) in [6.07, 6.45) is 3.67. The van der Waals surface area contributed by atoms with E-state index in [4.69, 9.17) is 14.2 Å². The predicted octanol–water partition coefficient (Wildman–Crippen LogP) is 3.10.